The van der Waals surface area contributed by atoms with Crippen LogP contribution in [0.1, 0.15) is 0 Å². The van der Waals surface area contributed by atoms with Crippen LogP contribution in [0.3, 0.4) is 0 Å². The largest absolute Gasteiger partial charge is 0.370 e. The smallest absolute Gasteiger partial charge is 0.177 e. The highest BCUT2D eigenvalue weighted by molar-refractivity contribution is 7.91. The van der Waals surface area contributed by atoms with Crippen molar-refractivity contribution >= 4 is 38.2 Å². The third-order valence-electron chi connectivity index (χ3n) is 3.32. The molecule has 0 aliphatic carbocycles. The van der Waals surface area contributed by atoms with Crippen LogP contribution in [-0.2, 0) is 16.4 Å². The molecule has 1 aliphatic rings. The van der Waals surface area contributed by atoms with Gasteiger partial charge in [0.25, 0.3) is 0 Å². The van der Waals surface area contributed by atoms with Gasteiger partial charge in [-0.1, -0.05) is 11.6 Å². The number of aliphatic imine (C=N–C) groups is 1. The second-order valence-electron chi connectivity index (χ2n) is 4.93. The topological polar surface area (TPSA) is 63.5 Å². The van der Waals surface area contributed by atoms with E-state index in [2.05, 4.69) is 10.3 Å². The zero-order valence-corrected chi connectivity index (χ0v) is 12.8. The molecule has 1 aromatic carbocycles. The van der Waals surface area contributed by atoms with Crippen LogP contribution in [0.4, 0.5) is 4.39 Å². The Bertz CT molecular complexity index is 858. The SMILES string of the molecule is CS(=O)(=O)c1cn(CC2=NCCN2)c2c(Cl)cc(F)cc12. The lowest BCUT2D eigenvalue weighted by molar-refractivity contribution is 0.602. The highest BCUT2D eigenvalue weighted by Gasteiger charge is 2.20. The zero-order valence-electron chi connectivity index (χ0n) is 11.2. The maximum Gasteiger partial charge on any atom is 0.177 e. The van der Waals surface area contributed by atoms with Gasteiger partial charge < -0.3 is 9.88 Å². The Morgan fingerprint density at radius 2 is 2.24 bits per heavy atom. The molecule has 1 N–H and O–H groups in total. The lowest BCUT2D eigenvalue weighted by atomic mass is 10.2. The van der Waals surface area contributed by atoms with Crippen LogP contribution in [0.15, 0.2) is 28.2 Å². The van der Waals surface area contributed by atoms with Crippen molar-refractivity contribution in [3.05, 3.63) is 29.2 Å². The van der Waals surface area contributed by atoms with Gasteiger partial charge in [-0.15, -0.1) is 0 Å². The number of fused-ring (bicyclic) bond motifs is 1. The molecule has 8 heteroatoms. The summed E-state index contributed by atoms with van der Waals surface area (Å²) in [4.78, 5) is 4.34. The first-order valence-corrected chi connectivity index (χ1v) is 8.58. The molecule has 0 unspecified atom stereocenters. The molecular formula is C13H13ClFN3O2S. The molecule has 0 atom stereocenters. The average Bonchev–Trinajstić information content (AvgIpc) is 2.96. The van der Waals surface area contributed by atoms with E-state index in [-0.39, 0.29) is 9.92 Å². The molecule has 0 amide bonds. The lowest BCUT2D eigenvalue weighted by Crippen LogP contribution is -2.23. The molecule has 112 valence electrons. The molecule has 1 aromatic heterocycles. The highest BCUT2D eigenvalue weighted by atomic mass is 35.5. The maximum atomic E-state index is 13.6. The minimum Gasteiger partial charge on any atom is -0.370 e. The summed E-state index contributed by atoms with van der Waals surface area (Å²) in [6.07, 6.45) is 2.57. The van der Waals surface area contributed by atoms with Crippen molar-refractivity contribution in [2.45, 2.75) is 11.4 Å². The van der Waals surface area contributed by atoms with Crippen molar-refractivity contribution in [2.75, 3.05) is 19.3 Å². The normalized spacial score (nSPS) is 15.3. The number of aromatic nitrogens is 1. The zero-order chi connectivity index (χ0) is 15.2. The second-order valence-corrected chi connectivity index (χ2v) is 7.32. The summed E-state index contributed by atoms with van der Waals surface area (Å²) in [6.45, 7) is 1.82. The number of nitrogens with one attached hydrogen (secondary N) is 1. The first kappa shape index (κ1) is 14.3. The third-order valence-corrected chi connectivity index (χ3v) is 4.73. The van der Waals surface area contributed by atoms with Gasteiger partial charge >= 0.3 is 0 Å². The van der Waals surface area contributed by atoms with E-state index in [9.17, 15) is 12.8 Å². The van der Waals surface area contributed by atoms with Crippen LogP contribution in [0, 0.1) is 5.82 Å². The predicted molar refractivity (Wildman–Crippen MR) is 80.3 cm³/mol. The summed E-state index contributed by atoms with van der Waals surface area (Å²) in [5, 5.41) is 3.58. The van der Waals surface area contributed by atoms with E-state index >= 15 is 0 Å². The Hall–Kier alpha value is -1.60. The van der Waals surface area contributed by atoms with Crippen LogP contribution in [0.5, 0.6) is 0 Å². The van der Waals surface area contributed by atoms with Crippen molar-refractivity contribution in [3.63, 3.8) is 0 Å². The molecular weight excluding hydrogens is 317 g/mol. The first-order valence-electron chi connectivity index (χ1n) is 6.31. The molecule has 0 saturated carbocycles. The van der Waals surface area contributed by atoms with E-state index in [1.165, 1.54) is 18.3 Å². The van der Waals surface area contributed by atoms with Crippen molar-refractivity contribution in [2.24, 2.45) is 4.99 Å². The summed E-state index contributed by atoms with van der Waals surface area (Å²) >= 11 is 6.10. The van der Waals surface area contributed by atoms with E-state index in [0.717, 1.165) is 18.6 Å². The average molecular weight is 330 g/mol. The minimum absolute atomic E-state index is 0.0671. The number of benzene rings is 1. The first-order chi connectivity index (χ1) is 9.86. The summed E-state index contributed by atoms with van der Waals surface area (Å²) in [6, 6.07) is 2.37. The number of halogens is 2. The van der Waals surface area contributed by atoms with E-state index in [1.807, 2.05) is 0 Å². The van der Waals surface area contributed by atoms with Gasteiger partial charge in [0, 0.05) is 24.4 Å². The molecule has 0 fully saturated rings. The van der Waals surface area contributed by atoms with Crippen LogP contribution in [-0.4, -0.2) is 38.2 Å². The van der Waals surface area contributed by atoms with Gasteiger partial charge in [-0.2, -0.15) is 0 Å². The molecule has 0 bridgehead atoms. The molecule has 5 nitrogen and oxygen atoms in total. The quantitative estimate of drug-likeness (QED) is 0.934. The third kappa shape index (κ3) is 2.63. The van der Waals surface area contributed by atoms with Gasteiger partial charge in [0.1, 0.15) is 11.7 Å². The second kappa shape index (κ2) is 4.99. The number of hydrogen-bond acceptors (Lipinski definition) is 4. The Labute approximate surface area is 126 Å². The van der Waals surface area contributed by atoms with E-state index in [1.54, 1.807) is 4.57 Å². The van der Waals surface area contributed by atoms with Gasteiger partial charge in [0.2, 0.25) is 0 Å². The number of amidine groups is 1. The Balaban J connectivity index is 2.25. The molecule has 0 saturated heterocycles. The van der Waals surface area contributed by atoms with Crippen molar-refractivity contribution in [1.82, 2.24) is 9.88 Å². The van der Waals surface area contributed by atoms with E-state index in [4.69, 9.17) is 11.6 Å². The van der Waals surface area contributed by atoms with Gasteiger partial charge in [0.05, 0.1) is 28.5 Å². The van der Waals surface area contributed by atoms with Gasteiger partial charge in [-0.05, 0) is 12.1 Å². The summed E-state index contributed by atoms with van der Waals surface area (Å²) < 4.78 is 39.0. The maximum absolute atomic E-state index is 13.6. The number of nitrogens with zero attached hydrogens (tertiary/aromatic N) is 2. The van der Waals surface area contributed by atoms with Crippen LogP contribution >= 0.6 is 11.6 Å². The van der Waals surface area contributed by atoms with Crippen molar-refractivity contribution < 1.29 is 12.8 Å². The Kier molecular flexibility index (Phi) is 3.41. The number of sulfone groups is 1. The minimum atomic E-state index is -3.48. The van der Waals surface area contributed by atoms with Crippen molar-refractivity contribution in [1.29, 1.82) is 0 Å². The molecule has 0 spiro atoms. The van der Waals surface area contributed by atoms with E-state index in [0.29, 0.717) is 24.0 Å². The predicted octanol–water partition coefficient (Wildman–Crippen LogP) is 1.84. The highest BCUT2D eigenvalue weighted by Crippen LogP contribution is 2.32. The number of hydrogen-bond donors (Lipinski definition) is 1. The molecule has 2 aromatic rings. The standard InChI is InChI=1S/C13H13ClFN3O2S/c1-21(19,20)11-6-18(7-12-16-2-3-17-12)13-9(11)4-8(15)5-10(13)14/h4-6H,2-3,7H2,1H3,(H,16,17). The Morgan fingerprint density at radius 3 is 2.86 bits per heavy atom. The van der Waals surface area contributed by atoms with Crippen LogP contribution < -0.4 is 5.32 Å². The lowest BCUT2D eigenvalue weighted by Gasteiger charge is -2.07. The molecule has 2 heterocycles. The van der Waals surface area contributed by atoms with Crippen molar-refractivity contribution in [3.8, 4) is 0 Å². The van der Waals surface area contributed by atoms with Crippen LogP contribution in [0.25, 0.3) is 10.9 Å². The van der Waals surface area contributed by atoms with Gasteiger partial charge in [-0.25, -0.2) is 12.8 Å². The fourth-order valence-electron chi connectivity index (χ4n) is 2.46. The monoisotopic (exact) mass is 329 g/mol. The molecule has 3 rings (SSSR count). The molecule has 0 radical (unpaired) electrons. The Morgan fingerprint density at radius 1 is 1.48 bits per heavy atom. The van der Waals surface area contributed by atoms with Gasteiger partial charge in [-0.3, -0.25) is 4.99 Å². The fourth-order valence-corrected chi connectivity index (χ4v) is 3.64. The fraction of sp³-hybridized carbons (Fsp3) is 0.308. The van der Waals surface area contributed by atoms with Gasteiger partial charge in [0.15, 0.2) is 9.84 Å². The molecule has 1 aliphatic heterocycles. The summed E-state index contributed by atoms with van der Waals surface area (Å²) in [5.74, 6) is 0.193. The molecule has 21 heavy (non-hydrogen) atoms. The number of rotatable bonds is 3. The van der Waals surface area contributed by atoms with Crippen LogP contribution in [0.2, 0.25) is 5.02 Å². The summed E-state index contributed by atoms with van der Waals surface area (Å²) in [5.41, 5.74) is 0.495. The van der Waals surface area contributed by atoms with E-state index < -0.39 is 15.7 Å². The summed E-state index contributed by atoms with van der Waals surface area (Å²) in [7, 11) is -3.48.